The van der Waals surface area contributed by atoms with Crippen LogP contribution in [0.3, 0.4) is 0 Å². The fourth-order valence-electron chi connectivity index (χ4n) is 0.957. The Bertz CT molecular complexity index is 318. The van der Waals surface area contributed by atoms with Gasteiger partial charge in [-0.25, -0.2) is 4.59 Å². The average Bonchev–Trinajstić information content (AvgIpc) is 2.13. The third-order valence-electron chi connectivity index (χ3n) is 1.59. The monoisotopic (exact) mass is 189 g/mol. The van der Waals surface area contributed by atoms with Gasteiger partial charge in [0.15, 0.2) is 0 Å². The Morgan fingerprint density at radius 3 is 2.29 bits per heavy atom. The largest absolute Gasteiger partial charge is 0.205 e. The normalized spacial score (nSPS) is 12.8. The second-order valence-corrected chi connectivity index (χ2v) is 3.98. The summed E-state index contributed by atoms with van der Waals surface area (Å²) in [6, 6.07) is 10.2. The maximum Gasteiger partial charge on any atom is 0.0923 e. The second kappa shape index (κ2) is 4.72. The molecule has 0 bridgehead atoms. The molecule has 0 spiro atoms. The first-order valence-corrected chi connectivity index (χ1v) is 4.67. The molecule has 0 heterocycles. The van der Waals surface area contributed by atoms with Gasteiger partial charge in [0.25, 0.3) is 0 Å². The Morgan fingerprint density at radius 2 is 1.71 bits per heavy atom. The van der Waals surface area contributed by atoms with Crippen molar-refractivity contribution in [1.29, 1.82) is 0 Å². The third-order valence-corrected chi connectivity index (χ3v) is 1.59. The van der Waals surface area contributed by atoms with Crippen LogP contribution in [0.25, 0.3) is 6.08 Å². The predicted octanol–water partition coefficient (Wildman–Crippen LogP) is 2.39. The van der Waals surface area contributed by atoms with E-state index in [1.807, 2.05) is 57.7 Å². The Labute approximate surface area is 85.8 Å². The molecule has 0 radical (unpaired) electrons. The van der Waals surface area contributed by atoms with Crippen LogP contribution in [0.15, 0.2) is 41.5 Å². The van der Waals surface area contributed by atoms with Crippen molar-refractivity contribution in [2.75, 3.05) is 21.1 Å². The summed E-state index contributed by atoms with van der Waals surface area (Å²) in [4.78, 5) is 0. The number of nitrogens with zero attached hydrogens (tertiary/aromatic N) is 2. The molecule has 1 aromatic rings. The van der Waals surface area contributed by atoms with Gasteiger partial charge in [0.1, 0.15) is 0 Å². The molecule has 0 aliphatic carbocycles. The lowest BCUT2D eigenvalue weighted by molar-refractivity contribution is -0.876. The molecule has 0 saturated heterocycles. The summed E-state index contributed by atoms with van der Waals surface area (Å²) in [7, 11) is 6.06. The highest BCUT2D eigenvalue weighted by molar-refractivity contribution is 5.77. The highest BCUT2D eigenvalue weighted by atomic mass is 15.6. The SMILES string of the molecule is C[N+](C)(C)/N=C/C=C/c1ccccc1. The van der Waals surface area contributed by atoms with E-state index in [-0.39, 0.29) is 0 Å². The van der Waals surface area contributed by atoms with Gasteiger partial charge in [-0.05, 0) is 11.6 Å². The summed E-state index contributed by atoms with van der Waals surface area (Å²) in [5.74, 6) is 0. The molecule has 2 nitrogen and oxygen atoms in total. The maximum absolute atomic E-state index is 4.30. The van der Waals surface area contributed by atoms with Crippen LogP contribution in [0.4, 0.5) is 0 Å². The number of hydrogen-bond acceptors (Lipinski definition) is 1. The van der Waals surface area contributed by atoms with Gasteiger partial charge in [-0.2, -0.15) is 0 Å². The van der Waals surface area contributed by atoms with Crippen LogP contribution in [0.1, 0.15) is 5.56 Å². The van der Waals surface area contributed by atoms with Crippen molar-refractivity contribution in [3.8, 4) is 0 Å². The molecule has 2 heteroatoms. The molecule has 0 atom stereocenters. The van der Waals surface area contributed by atoms with Crippen molar-refractivity contribution in [2.45, 2.75) is 0 Å². The lowest BCUT2D eigenvalue weighted by Gasteiger charge is -2.13. The van der Waals surface area contributed by atoms with E-state index in [1.54, 1.807) is 0 Å². The van der Waals surface area contributed by atoms with Crippen LogP contribution in [0.5, 0.6) is 0 Å². The molecule has 74 valence electrons. The topological polar surface area (TPSA) is 12.4 Å². The van der Waals surface area contributed by atoms with E-state index in [9.17, 15) is 0 Å². The highest BCUT2D eigenvalue weighted by Crippen LogP contribution is 2.00. The Hall–Kier alpha value is -1.41. The van der Waals surface area contributed by atoms with Crippen LogP contribution in [0, 0.1) is 0 Å². The molecule has 0 N–H and O–H groups in total. The van der Waals surface area contributed by atoms with E-state index >= 15 is 0 Å². The molecule has 1 rings (SSSR count). The van der Waals surface area contributed by atoms with E-state index < -0.39 is 0 Å². The molecule has 0 aliphatic heterocycles. The van der Waals surface area contributed by atoms with Gasteiger partial charge in [0.05, 0.1) is 27.4 Å². The molecular weight excluding hydrogens is 172 g/mol. The zero-order valence-corrected chi connectivity index (χ0v) is 9.01. The third kappa shape index (κ3) is 4.58. The molecule has 1 aromatic carbocycles. The molecule has 14 heavy (non-hydrogen) atoms. The van der Waals surface area contributed by atoms with Gasteiger partial charge in [-0.15, -0.1) is 0 Å². The van der Waals surface area contributed by atoms with Crippen molar-refractivity contribution < 1.29 is 4.59 Å². The van der Waals surface area contributed by atoms with Crippen LogP contribution in [-0.4, -0.2) is 31.9 Å². The van der Waals surface area contributed by atoms with Crippen LogP contribution in [0.2, 0.25) is 0 Å². The molecule has 0 fully saturated rings. The fraction of sp³-hybridized carbons (Fsp3) is 0.250. The van der Waals surface area contributed by atoms with E-state index in [0.717, 1.165) is 0 Å². The standard InChI is InChI=1S/C12H17N2/c1-14(2,3)13-11-7-10-12-8-5-4-6-9-12/h4-11H,1-3H3/q+1/b10-7+,13-11+. The van der Waals surface area contributed by atoms with Gasteiger partial charge in [-0.3, -0.25) is 0 Å². The zero-order valence-electron chi connectivity index (χ0n) is 9.01. The van der Waals surface area contributed by atoms with Gasteiger partial charge in [0.2, 0.25) is 0 Å². The molecule has 0 aromatic heterocycles. The molecule has 0 aliphatic rings. The first-order chi connectivity index (χ1) is 6.58. The van der Waals surface area contributed by atoms with Crippen LogP contribution >= 0.6 is 0 Å². The minimum absolute atomic E-state index is 0.596. The summed E-state index contributed by atoms with van der Waals surface area (Å²) >= 11 is 0. The summed E-state index contributed by atoms with van der Waals surface area (Å²) in [5.41, 5.74) is 1.19. The van der Waals surface area contributed by atoms with E-state index in [2.05, 4.69) is 17.2 Å². The Kier molecular flexibility index (Phi) is 3.60. The van der Waals surface area contributed by atoms with Crippen LogP contribution < -0.4 is 0 Å². The number of hydrogen-bond donors (Lipinski definition) is 0. The average molecular weight is 189 g/mol. The summed E-state index contributed by atoms with van der Waals surface area (Å²) in [6.07, 6.45) is 5.82. The molecule has 0 amide bonds. The summed E-state index contributed by atoms with van der Waals surface area (Å²) < 4.78 is 0.596. The maximum atomic E-state index is 4.30. The first-order valence-electron chi connectivity index (χ1n) is 4.67. The van der Waals surface area contributed by atoms with E-state index in [4.69, 9.17) is 0 Å². The highest BCUT2D eigenvalue weighted by Gasteiger charge is 1.98. The summed E-state index contributed by atoms with van der Waals surface area (Å²) in [5, 5.41) is 4.30. The van der Waals surface area contributed by atoms with E-state index in [0.29, 0.717) is 4.59 Å². The first kappa shape index (κ1) is 10.7. The van der Waals surface area contributed by atoms with Gasteiger partial charge in [-0.1, -0.05) is 41.5 Å². The summed E-state index contributed by atoms with van der Waals surface area (Å²) in [6.45, 7) is 0. The predicted molar refractivity (Wildman–Crippen MR) is 62.0 cm³/mol. The van der Waals surface area contributed by atoms with Gasteiger partial charge in [0, 0.05) is 0 Å². The number of rotatable bonds is 3. The minimum Gasteiger partial charge on any atom is -0.205 e. The van der Waals surface area contributed by atoms with Crippen molar-refractivity contribution in [3.05, 3.63) is 42.0 Å². The minimum atomic E-state index is 0.596. The molecule has 0 unspecified atom stereocenters. The molecule has 0 saturated carbocycles. The smallest absolute Gasteiger partial charge is 0.0923 e. The molecular formula is C12H17N2+. The van der Waals surface area contributed by atoms with Gasteiger partial charge >= 0.3 is 0 Å². The van der Waals surface area contributed by atoms with Crippen molar-refractivity contribution in [3.63, 3.8) is 0 Å². The van der Waals surface area contributed by atoms with Crippen molar-refractivity contribution >= 4 is 12.3 Å². The second-order valence-electron chi connectivity index (χ2n) is 3.98. The quantitative estimate of drug-likeness (QED) is 0.393. The van der Waals surface area contributed by atoms with Gasteiger partial charge < -0.3 is 0 Å². The van der Waals surface area contributed by atoms with E-state index in [1.165, 1.54) is 5.56 Å². The number of quaternary nitrogens is 1. The number of allylic oxidation sites excluding steroid dienone is 1. The lowest BCUT2D eigenvalue weighted by Crippen LogP contribution is -2.26. The van der Waals surface area contributed by atoms with Crippen molar-refractivity contribution in [2.24, 2.45) is 5.10 Å². The van der Waals surface area contributed by atoms with Crippen LogP contribution in [-0.2, 0) is 0 Å². The zero-order chi connectivity index (χ0) is 10.4. The van der Waals surface area contributed by atoms with Crippen molar-refractivity contribution in [1.82, 2.24) is 0 Å². The number of benzene rings is 1. The fourth-order valence-corrected chi connectivity index (χ4v) is 0.957. The Balaban J connectivity index is 2.54. The lowest BCUT2D eigenvalue weighted by atomic mass is 10.2. The Morgan fingerprint density at radius 1 is 1.07 bits per heavy atom.